The van der Waals surface area contributed by atoms with Gasteiger partial charge in [0.2, 0.25) is 0 Å². The third kappa shape index (κ3) is 6.72. The molecule has 0 radical (unpaired) electrons. The van der Waals surface area contributed by atoms with Gasteiger partial charge < -0.3 is 20.2 Å². The van der Waals surface area contributed by atoms with Gasteiger partial charge in [-0.25, -0.2) is 0 Å². The molecule has 2 atom stereocenters. The molecule has 1 saturated heterocycles. The van der Waals surface area contributed by atoms with Crippen LogP contribution >= 0.6 is 24.0 Å². The summed E-state index contributed by atoms with van der Waals surface area (Å²) in [7, 11) is 0. The zero-order chi connectivity index (χ0) is 19.9. The number of benzene rings is 1. The van der Waals surface area contributed by atoms with Crippen LogP contribution in [0.1, 0.15) is 49.3 Å². The zero-order valence-corrected chi connectivity index (χ0v) is 19.9. The number of morpholine rings is 1. The Bertz CT molecular complexity index is 769. The molecule has 1 aliphatic rings. The van der Waals surface area contributed by atoms with E-state index in [1.165, 1.54) is 5.56 Å². The molecule has 3 N–H and O–H groups in total. The van der Waals surface area contributed by atoms with Gasteiger partial charge in [-0.15, -0.1) is 24.0 Å². The fraction of sp³-hybridized carbons (Fsp3) is 0.500. The van der Waals surface area contributed by atoms with Gasteiger partial charge in [-0.05, 0) is 49.1 Å². The Morgan fingerprint density at radius 1 is 1.17 bits per heavy atom. The third-order valence-electron chi connectivity index (χ3n) is 5.38. The maximum absolute atomic E-state index is 6.16. The molecule has 0 bridgehead atoms. The molecular formula is C22H33IN4O2. The standard InChI is InChI=1S/C22H32N4O2.HI/c1-4-16(2)18-6-8-19(9-7-18)25-22(23)24-15-20(21-10-5-17(3)28-21)26-11-13-27-14-12-26;/h5-10,16,20H,4,11-15H2,1-3H3,(H3,23,24,25);1H. The predicted molar refractivity (Wildman–Crippen MR) is 129 cm³/mol. The Hall–Kier alpha value is -1.58. The van der Waals surface area contributed by atoms with Crippen LogP contribution in [0.2, 0.25) is 0 Å². The molecule has 1 aliphatic heterocycles. The Kier molecular flexibility index (Phi) is 9.45. The lowest BCUT2D eigenvalue weighted by Crippen LogP contribution is -2.40. The summed E-state index contributed by atoms with van der Waals surface area (Å²) in [6.45, 7) is 10.1. The summed E-state index contributed by atoms with van der Waals surface area (Å²) in [6.07, 6.45) is 1.13. The highest BCUT2D eigenvalue weighted by atomic mass is 127. The number of anilines is 1. The molecule has 0 aliphatic carbocycles. The lowest BCUT2D eigenvalue weighted by Gasteiger charge is -2.32. The summed E-state index contributed by atoms with van der Waals surface area (Å²) in [5.74, 6) is 2.81. The van der Waals surface area contributed by atoms with Crippen LogP contribution in [0.25, 0.3) is 0 Å². The summed E-state index contributed by atoms with van der Waals surface area (Å²) < 4.78 is 11.4. The molecule has 0 amide bonds. The number of ether oxygens (including phenoxy) is 1. The Morgan fingerprint density at radius 3 is 2.45 bits per heavy atom. The van der Waals surface area contributed by atoms with Gasteiger partial charge in [0, 0.05) is 18.8 Å². The second kappa shape index (κ2) is 11.6. The van der Waals surface area contributed by atoms with E-state index >= 15 is 0 Å². The van der Waals surface area contributed by atoms with Crippen LogP contribution in [-0.2, 0) is 4.74 Å². The van der Waals surface area contributed by atoms with E-state index in [2.05, 4.69) is 53.3 Å². The molecule has 2 unspecified atom stereocenters. The van der Waals surface area contributed by atoms with Gasteiger partial charge >= 0.3 is 0 Å². The molecular weight excluding hydrogens is 479 g/mol. The molecule has 7 heteroatoms. The van der Waals surface area contributed by atoms with Crippen molar-refractivity contribution in [2.24, 2.45) is 10.7 Å². The SMILES string of the molecule is CCC(C)c1ccc(NC(N)=NCC(c2ccc(C)o2)N2CCOCC2)cc1.I. The first-order valence-corrected chi connectivity index (χ1v) is 10.1. The number of nitrogens with one attached hydrogen (secondary N) is 1. The Balaban J connectivity index is 0.00000300. The van der Waals surface area contributed by atoms with Crippen molar-refractivity contribution in [2.75, 3.05) is 38.2 Å². The number of nitrogens with zero attached hydrogens (tertiary/aromatic N) is 2. The molecule has 1 aromatic carbocycles. The van der Waals surface area contributed by atoms with E-state index in [1.807, 2.05) is 19.1 Å². The Labute approximate surface area is 190 Å². The molecule has 1 fully saturated rings. The van der Waals surface area contributed by atoms with Crippen LogP contribution in [0, 0.1) is 6.92 Å². The van der Waals surface area contributed by atoms with Crippen LogP contribution in [-0.4, -0.2) is 43.7 Å². The number of rotatable bonds is 7. The van der Waals surface area contributed by atoms with Gasteiger partial charge in [0.15, 0.2) is 5.96 Å². The van der Waals surface area contributed by atoms with E-state index < -0.39 is 0 Å². The molecule has 0 spiro atoms. The number of aryl methyl sites for hydroxylation is 1. The summed E-state index contributed by atoms with van der Waals surface area (Å²) in [5, 5.41) is 3.19. The van der Waals surface area contributed by atoms with Gasteiger partial charge in [0.25, 0.3) is 0 Å². The topological polar surface area (TPSA) is 76.0 Å². The van der Waals surface area contributed by atoms with Crippen LogP contribution in [0.5, 0.6) is 0 Å². The van der Waals surface area contributed by atoms with Gasteiger partial charge in [-0.2, -0.15) is 0 Å². The van der Waals surface area contributed by atoms with Crippen LogP contribution in [0.15, 0.2) is 45.8 Å². The van der Waals surface area contributed by atoms with Crippen molar-refractivity contribution in [1.29, 1.82) is 0 Å². The van der Waals surface area contributed by atoms with Gasteiger partial charge in [0.1, 0.15) is 11.5 Å². The quantitative estimate of drug-likeness (QED) is 0.324. The van der Waals surface area contributed by atoms with E-state index in [0.29, 0.717) is 18.4 Å². The number of furan rings is 1. The van der Waals surface area contributed by atoms with Crippen LogP contribution in [0.3, 0.4) is 0 Å². The van der Waals surface area contributed by atoms with Gasteiger partial charge in [-0.3, -0.25) is 9.89 Å². The van der Waals surface area contributed by atoms with E-state index in [0.717, 1.165) is 49.9 Å². The number of nitrogens with two attached hydrogens (primary N) is 1. The van der Waals surface area contributed by atoms with Crippen molar-refractivity contribution in [3.05, 3.63) is 53.5 Å². The second-order valence-electron chi connectivity index (χ2n) is 7.39. The van der Waals surface area contributed by atoms with Gasteiger partial charge in [0.05, 0.1) is 25.8 Å². The van der Waals surface area contributed by atoms with Crippen molar-refractivity contribution >= 4 is 35.6 Å². The van der Waals surface area contributed by atoms with Crippen molar-refractivity contribution in [2.45, 2.75) is 39.2 Å². The number of guanidine groups is 1. The second-order valence-corrected chi connectivity index (χ2v) is 7.39. The predicted octanol–water partition coefficient (Wildman–Crippen LogP) is 4.52. The minimum atomic E-state index is 0. The van der Waals surface area contributed by atoms with E-state index in [1.54, 1.807) is 0 Å². The summed E-state index contributed by atoms with van der Waals surface area (Å²) in [6, 6.07) is 12.5. The molecule has 160 valence electrons. The highest BCUT2D eigenvalue weighted by Crippen LogP contribution is 2.24. The number of aliphatic imine (C=N–C) groups is 1. The molecule has 6 nitrogen and oxygen atoms in total. The molecule has 3 rings (SSSR count). The first kappa shape index (κ1) is 23.7. The van der Waals surface area contributed by atoms with Crippen molar-refractivity contribution in [3.8, 4) is 0 Å². The van der Waals surface area contributed by atoms with E-state index in [4.69, 9.17) is 14.9 Å². The summed E-state index contributed by atoms with van der Waals surface area (Å²) >= 11 is 0. The zero-order valence-electron chi connectivity index (χ0n) is 17.6. The summed E-state index contributed by atoms with van der Waals surface area (Å²) in [5.41, 5.74) is 8.44. The lowest BCUT2D eigenvalue weighted by molar-refractivity contribution is 0.0135. The fourth-order valence-corrected chi connectivity index (χ4v) is 3.41. The average molecular weight is 512 g/mol. The van der Waals surface area contributed by atoms with Crippen LogP contribution < -0.4 is 11.1 Å². The molecule has 2 heterocycles. The largest absolute Gasteiger partial charge is 0.465 e. The number of halogens is 1. The molecule has 0 saturated carbocycles. The monoisotopic (exact) mass is 512 g/mol. The first-order valence-electron chi connectivity index (χ1n) is 10.1. The van der Waals surface area contributed by atoms with Crippen molar-refractivity contribution < 1.29 is 9.15 Å². The third-order valence-corrected chi connectivity index (χ3v) is 5.38. The molecule has 2 aromatic rings. The maximum Gasteiger partial charge on any atom is 0.193 e. The maximum atomic E-state index is 6.16. The molecule has 29 heavy (non-hydrogen) atoms. The van der Waals surface area contributed by atoms with Crippen LogP contribution in [0.4, 0.5) is 5.69 Å². The smallest absolute Gasteiger partial charge is 0.193 e. The van der Waals surface area contributed by atoms with E-state index in [-0.39, 0.29) is 30.0 Å². The molecule has 1 aromatic heterocycles. The minimum absolute atomic E-state index is 0. The van der Waals surface area contributed by atoms with Crippen molar-refractivity contribution in [3.63, 3.8) is 0 Å². The minimum Gasteiger partial charge on any atom is -0.465 e. The highest BCUT2D eigenvalue weighted by Gasteiger charge is 2.25. The van der Waals surface area contributed by atoms with E-state index in [9.17, 15) is 0 Å². The number of hydrogen-bond donors (Lipinski definition) is 2. The Morgan fingerprint density at radius 2 is 1.86 bits per heavy atom. The first-order chi connectivity index (χ1) is 13.6. The fourth-order valence-electron chi connectivity index (χ4n) is 3.41. The highest BCUT2D eigenvalue weighted by molar-refractivity contribution is 14.0. The normalized spacial score (nSPS) is 17.4. The van der Waals surface area contributed by atoms with Crippen molar-refractivity contribution in [1.82, 2.24) is 4.90 Å². The summed E-state index contributed by atoms with van der Waals surface area (Å²) in [4.78, 5) is 6.94. The average Bonchev–Trinajstić information content (AvgIpc) is 3.15. The van der Waals surface area contributed by atoms with Gasteiger partial charge in [-0.1, -0.05) is 26.0 Å². The lowest BCUT2D eigenvalue weighted by atomic mass is 9.99. The number of hydrogen-bond acceptors (Lipinski definition) is 4.